The maximum absolute atomic E-state index is 12.2. The van der Waals surface area contributed by atoms with Gasteiger partial charge in [-0.25, -0.2) is 4.57 Å². The number of aromatic nitrogens is 1. The van der Waals surface area contributed by atoms with Crippen LogP contribution in [0.4, 0.5) is 0 Å². The summed E-state index contributed by atoms with van der Waals surface area (Å²) in [6, 6.07) is 3.54. The Morgan fingerprint density at radius 2 is 2.05 bits per heavy atom. The van der Waals surface area contributed by atoms with Crippen molar-refractivity contribution in [1.29, 1.82) is 0 Å². The highest BCUT2D eigenvalue weighted by molar-refractivity contribution is 7.85. The van der Waals surface area contributed by atoms with Crippen molar-refractivity contribution >= 4 is 16.0 Å². The Hall–Kier alpha value is -1.47. The molecule has 0 saturated carbocycles. The number of carbonyl (C=O) groups excluding carboxylic acids is 1. The zero-order valence-electron chi connectivity index (χ0n) is 11.2. The fourth-order valence-electron chi connectivity index (χ4n) is 2.32. The Balaban J connectivity index is 1.98. The van der Waals surface area contributed by atoms with Crippen LogP contribution in [0.25, 0.3) is 0 Å². The van der Waals surface area contributed by atoms with Crippen molar-refractivity contribution < 1.29 is 22.3 Å². The molecule has 2 rings (SSSR count). The fourth-order valence-corrected chi connectivity index (χ4v) is 2.81. The average Bonchev–Trinajstić information content (AvgIpc) is 2.90. The van der Waals surface area contributed by atoms with Gasteiger partial charge < -0.3 is 4.90 Å². The van der Waals surface area contributed by atoms with Crippen molar-refractivity contribution in [3.8, 4) is 0 Å². The number of carbonyl (C=O) groups is 1. The van der Waals surface area contributed by atoms with Crippen molar-refractivity contribution in [2.24, 2.45) is 0 Å². The lowest BCUT2D eigenvalue weighted by Crippen LogP contribution is -2.36. The first-order chi connectivity index (χ1) is 9.46. The Morgan fingerprint density at radius 1 is 1.35 bits per heavy atom. The van der Waals surface area contributed by atoms with Gasteiger partial charge >= 0.3 is 0 Å². The summed E-state index contributed by atoms with van der Waals surface area (Å²) in [6.07, 6.45) is 5.92. The first-order valence-electron chi connectivity index (χ1n) is 6.69. The molecule has 6 nitrogen and oxygen atoms in total. The lowest BCUT2D eigenvalue weighted by molar-refractivity contribution is -0.697. The minimum atomic E-state index is -3.92. The van der Waals surface area contributed by atoms with E-state index in [1.54, 1.807) is 29.1 Å². The van der Waals surface area contributed by atoms with Gasteiger partial charge in [0.25, 0.3) is 16.0 Å². The van der Waals surface area contributed by atoms with Crippen LogP contribution in [0.3, 0.4) is 0 Å². The molecule has 7 heteroatoms. The molecular weight excluding hydrogens is 280 g/mol. The smallest absolute Gasteiger partial charge is 0.265 e. The van der Waals surface area contributed by atoms with Crippen molar-refractivity contribution in [3.05, 3.63) is 30.1 Å². The number of aryl methyl sites for hydroxylation is 1. The maximum atomic E-state index is 12.2. The molecule has 0 aliphatic carbocycles. The number of likely N-dealkylation sites (tertiary alicyclic amines) is 1. The van der Waals surface area contributed by atoms with Crippen LogP contribution in [0.2, 0.25) is 0 Å². The number of amides is 1. The molecule has 1 aliphatic heterocycles. The molecule has 1 aromatic rings. The van der Waals surface area contributed by atoms with Gasteiger partial charge in [0.2, 0.25) is 0 Å². The molecule has 1 aliphatic rings. The van der Waals surface area contributed by atoms with Crippen LogP contribution in [0.15, 0.2) is 24.5 Å². The van der Waals surface area contributed by atoms with Crippen LogP contribution in [0.5, 0.6) is 0 Å². The summed E-state index contributed by atoms with van der Waals surface area (Å²) < 4.78 is 31.8. The van der Waals surface area contributed by atoms with Crippen molar-refractivity contribution in [1.82, 2.24) is 4.90 Å². The molecule has 1 saturated heterocycles. The van der Waals surface area contributed by atoms with E-state index in [0.717, 1.165) is 25.9 Å². The second-order valence-corrected chi connectivity index (χ2v) is 6.54. The SMILES string of the molecule is O=C(c1ccc[n+](CCCS(=O)(=O)O)c1)N1CCCC1. The highest BCUT2D eigenvalue weighted by Crippen LogP contribution is 2.11. The topological polar surface area (TPSA) is 78.6 Å². The zero-order chi connectivity index (χ0) is 14.6. The first-order valence-corrected chi connectivity index (χ1v) is 8.30. The molecule has 1 amide bonds. The summed E-state index contributed by atoms with van der Waals surface area (Å²) in [6.45, 7) is 2.05. The Labute approximate surface area is 118 Å². The maximum Gasteiger partial charge on any atom is 0.265 e. The summed E-state index contributed by atoms with van der Waals surface area (Å²) >= 11 is 0. The highest BCUT2D eigenvalue weighted by Gasteiger charge is 2.21. The molecule has 0 unspecified atom stereocenters. The number of nitrogens with zero attached hydrogens (tertiary/aromatic N) is 2. The Morgan fingerprint density at radius 3 is 2.70 bits per heavy atom. The summed E-state index contributed by atoms with van der Waals surface area (Å²) in [5.41, 5.74) is 0.612. The molecule has 1 N–H and O–H groups in total. The van der Waals surface area contributed by atoms with E-state index >= 15 is 0 Å². The van der Waals surface area contributed by atoms with E-state index in [4.69, 9.17) is 4.55 Å². The second-order valence-electron chi connectivity index (χ2n) is 4.97. The number of hydrogen-bond acceptors (Lipinski definition) is 3. The van der Waals surface area contributed by atoms with Gasteiger partial charge in [0, 0.05) is 25.6 Å². The molecule has 110 valence electrons. The van der Waals surface area contributed by atoms with Gasteiger partial charge in [-0.3, -0.25) is 9.35 Å². The van der Waals surface area contributed by atoms with Crippen molar-refractivity contribution in [3.63, 3.8) is 0 Å². The summed E-state index contributed by atoms with van der Waals surface area (Å²) in [5, 5.41) is 0. The number of rotatable bonds is 5. The van der Waals surface area contributed by atoms with Gasteiger partial charge in [0.15, 0.2) is 12.4 Å². The van der Waals surface area contributed by atoms with Gasteiger partial charge in [0.1, 0.15) is 12.1 Å². The predicted molar refractivity (Wildman–Crippen MR) is 72.8 cm³/mol. The second kappa shape index (κ2) is 6.32. The first kappa shape index (κ1) is 14.9. The predicted octanol–water partition coefficient (Wildman–Crippen LogP) is 0.488. The monoisotopic (exact) mass is 299 g/mol. The summed E-state index contributed by atoms with van der Waals surface area (Å²) in [5.74, 6) is -0.253. The van der Waals surface area contributed by atoms with Crippen LogP contribution >= 0.6 is 0 Å². The van der Waals surface area contributed by atoms with E-state index in [9.17, 15) is 13.2 Å². The standard InChI is InChI=1S/C13H18N2O4S/c16-13(15-8-1-2-9-15)12-5-3-6-14(11-12)7-4-10-20(17,18)19/h3,5-6,11H,1-2,4,7-10H2/p+1. The lowest BCUT2D eigenvalue weighted by atomic mass is 10.2. The molecule has 0 spiro atoms. The van der Waals surface area contributed by atoms with E-state index in [1.807, 2.05) is 4.90 Å². The molecule has 1 fully saturated rings. The van der Waals surface area contributed by atoms with Crippen LogP contribution < -0.4 is 4.57 Å². The average molecular weight is 299 g/mol. The van der Waals surface area contributed by atoms with E-state index in [-0.39, 0.29) is 11.7 Å². The molecule has 0 bridgehead atoms. The lowest BCUT2D eigenvalue weighted by Gasteiger charge is -2.14. The molecule has 1 aromatic heterocycles. The Kier molecular flexibility index (Phi) is 4.72. The third kappa shape index (κ3) is 4.28. The molecular formula is C13H19N2O4S+. The molecule has 0 aromatic carbocycles. The van der Waals surface area contributed by atoms with Crippen LogP contribution in [0, 0.1) is 0 Å². The van der Waals surface area contributed by atoms with Crippen LogP contribution in [-0.2, 0) is 16.7 Å². The third-order valence-electron chi connectivity index (χ3n) is 3.32. The number of pyridine rings is 1. The van der Waals surface area contributed by atoms with E-state index in [2.05, 4.69) is 0 Å². The largest absolute Gasteiger partial charge is 0.338 e. The van der Waals surface area contributed by atoms with E-state index in [1.165, 1.54) is 0 Å². The summed E-state index contributed by atoms with van der Waals surface area (Å²) in [4.78, 5) is 14.0. The molecule has 0 atom stereocenters. The zero-order valence-corrected chi connectivity index (χ0v) is 12.1. The Bertz CT molecular complexity index is 580. The van der Waals surface area contributed by atoms with E-state index in [0.29, 0.717) is 18.5 Å². The van der Waals surface area contributed by atoms with Crippen LogP contribution in [0.1, 0.15) is 29.6 Å². The van der Waals surface area contributed by atoms with Crippen molar-refractivity contribution in [2.75, 3.05) is 18.8 Å². The van der Waals surface area contributed by atoms with Gasteiger partial charge in [0.05, 0.1) is 5.75 Å². The van der Waals surface area contributed by atoms with E-state index < -0.39 is 10.1 Å². The van der Waals surface area contributed by atoms with Gasteiger partial charge in [-0.05, 0) is 18.9 Å². The fraction of sp³-hybridized carbons (Fsp3) is 0.538. The highest BCUT2D eigenvalue weighted by atomic mass is 32.2. The van der Waals surface area contributed by atoms with Crippen molar-refractivity contribution in [2.45, 2.75) is 25.8 Å². The molecule has 2 heterocycles. The normalized spacial score (nSPS) is 15.6. The van der Waals surface area contributed by atoms with Gasteiger partial charge in [-0.15, -0.1) is 0 Å². The minimum absolute atomic E-state index is 0.0200. The minimum Gasteiger partial charge on any atom is -0.338 e. The van der Waals surface area contributed by atoms with Gasteiger partial charge in [-0.1, -0.05) is 0 Å². The number of hydrogen-bond donors (Lipinski definition) is 1. The quantitative estimate of drug-likeness (QED) is 0.634. The van der Waals surface area contributed by atoms with Crippen LogP contribution in [-0.4, -0.2) is 42.6 Å². The van der Waals surface area contributed by atoms with Gasteiger partial charge in [-0.2, -0.15) is 8.42 Å². The summed E-state index contributed by atoms with van der Waals surface area (Å²) in [7, 11) is -3.92. The molecule has 0 radical (unpaired) electrons. The third-order valence-corrected chi connectivity index (χ3v) is 4.12. The molecule has 20 heavy (non-hydrogen) atoms.